The lowest BCUT2D eigenvalue weighted by molar-refractivity contribution is 0.885. The molecule has 0 saturated heterocycles. The zero-order valence-electron chi connectivity index (χ0n) is 10.7. The van der Waals surface area contributed by atoms with Crippen LogP contribution in [-0.2, 0) is 0 Å². The number of hydrogen-bond donors (Lipinski definition) is 1. The molecule has 21 heavy (non-hydrogen) atoms. The molecule has 1 heterocycles. The second-order valence-electron chi connectivity index (χ2n) is 4.45. The molecule has 1 aromatic heterocycles. The molecule has 0 aliphatic rings. The number of halogens is 3. The molecule has 2 N–H and O–H groups in total. The number of hydrogen-bond acceptors (Lipinski definition) is 2. The third-order valence-electron chi connectivity index (χ3n) is 3.03. The van der Waals surface area contributed by atoms with Crippen LogP contribution in [0.25, 0.3) is 16.9 Å². The van der Waals surface area contributed by atoms with Gasteiger partial charge in [-0.05, 0) is 24.3 Å². The summed E-state index contributed by atoms with van der Waals surface area (Å²) >= 11 is 18.3. The van der Waals surface area contributed by atoms with Gasteiger partial charge in [-0.2, -0.15) is 5.10 Å². The Morgan fingerprint density at radius 2 is 1.71 bits per heavy atom. The predicted molar refractivity (Wildman–Crippen MR) is 88.4 cm³/mol. The molecule has 0 radical (unpaired) electrons. The highest BCUT2D eigenvalue weighted by Crippen LogP contribution is 2.32. The van der Waals surface area contributed by atoms with E-state index >= 15 is 0 Å². The maximum Gasteiger partial charge on any atom is 0.117 e. The summed E-state index contributed by atoms with van der Waals surface area (Å²) in [6.07, 6.45) is 1.70. The van der Waals surface area contributed by atoms with Crippen LogP contribution in [0.4, 0.5) is 5.69 Å². The molecule has 0 aliphatic heterocycles. The van der Waals surface area contributed by atoms with Crippen molar-refractivity contribution in [3.8, 4) is 16.9 Å². The van der Waals surface area contributed by atoms with E-state index in [0.717, 1.165) is 5.56 Å². The van der Waals surface area contributed by atoms with E-state index in [0.29, 0.717) is 32.1 Å². The first-order valence-corrected chi connectivity index (χ1v) is 7.25. The highest BCUT2D eigenvalue weighted by molar-refractivity contribution is 6.35. The Bertz CT molecular complexity index is 812. The number of rotatable bonds is 2. The first-order chi connectivity index (χ1) is 10.1. The Labute approximate surface area is 136 Å². The molecule has 3 rings (SSSR count). The number of nitrogens with zero attached hydrogens (tertiary/aromatic N) is 2. The fraction of sp³-hybridized carbons (Fsp3) is 0. The fourth-order valence-corrected chi connectivity index (χ4v) is 2.76. The Balaban J connectivity index is 2.12. The molecule has 106 valence electrons. The minimum absolute atomic E-state index is 0.496. The Morgan fingerprint density at radius 3 is 2.43 bits per heavy atom. The summed E-state index contributed by atoms with van der Waals surface area (Å²) in [5.41, 5.74) is 8.67. The number of nitrogens with two attached hydrogens (primary N) is 1. The van der Waals surface area contributed by atoms with E-state index in [4.69, 9.17) is 40.5 Å². The van der Waals surface area contributed by atoms with Crippen molar-refractivity contribution in [1.29, 1.82) is 0 Å². The number of benzene rings is 2. The van der Waals surface area contributed by atoms with Crippen molar-refractivity contribution in [2.75, 3.05) is 5.73 Å². The molecule has 0 atom stereocenters. The van der Waals surface area contributed by atoms with Gasteiger partial charge in [-0.15, -0.1) is 0 Å². The average molecular weight is 339 g/mol. The van der Waals surface area contributed by atoms with Gasteiger partial charge in [0, 0.05) is 10.6 Å². The van der Waals surface area contributed by atoms with Gasteiger partial charge in [0.15, 0.2) is 0 Å². The minimum atomic E-state index is 0.496. The maximum atomic E-state index is 6.19. The Morgan fingerprint density at radius 1 is 0.952 bits per heavy atom. The molecular formula is C15H10Cl3N3. The fourth-order valence-electron chi connectivity index (χ4n) is 2.04. The van der Waals surface area contributed by atoms with Gasteiger partial charge in [0.2, 0.25) is 0 Å². The molecule has 0 spiro atoms. The van der Waals surface area contributed by atoms with E-state index in [1.54, 1.807) is 35.1 Å². The normalized spacial score (nSPS) is 10.8. The van der Waals surface area contributed by atoms with Gasteiger partial charge in [0.25, 0.3) is 0 Å². The van der Waals surface area contributed by atoms with Crippen molar-refractivity contribution in [2.45, 2.75) is 0 Å². The van der Waals surface area contributed by atoms with Crippen LogP contribution in [0.1, 0.15) is 0 Å². The topological polar surface area (TPSA) is 43.8 Å². The lowest BCUT2D eigenvalue weighted by atomic mass is 10.1. The van der Waals surface area contributed by atoms with Crippen LogP contribution in [0.15, 0.2) is 48.7 Å². The van der Waals surface area contributed by atoms with Crippen LogP contribution in [0, 0.1) is 0 Å². The summed E-state index contributed by atoms with van der Waals surface area (Å²) in [4.78, 5) is 0. The van der Waals surface area contributed by atoms with E-state index in [1.165, 1.54) is 0 Å². The van der Waals surface area contributed by atoms with Crippen molar-refractivity contribution >= 4 is 40.5 Å². The molecule has 0 unspecified atom stereocenters. The predicted octanol–water partition coefficient (Wildman–Crippen LogP) is 5.08. The van der Waals surface area contributed by atoms with Crippen LogP contribution in [0.3, 0.4) is 0 Å². The number of anilines is 1. The average Bonchev–Trinajstić information content (AvgIpc) is 2.81. The highest BCUT2D eigenvalue weighted by Gasteiger charge is 2.13. The number of nitrogen functional groups attached to an aromatic ring is 1. The van der Waals surface area contributed by atoms with Gasteiger partial charge in [0.05, 0.1) is 27.6 Å². The zero-order chi connectivity index (χ0) is 15.0. The van der Waals surface area contributed by atoms with Crippen LogP contribution in [0.2, 0.25) is 15.1 Å². The molecule has 0 fully saturated rings. The zero-order valence-corrected chi connectivity index (χ0v) is 13.0. The van der Waals surface area contributed by atoms with Gasteiger partial charge in [-0.1, -0.05) is 53.0 Å². The van der Waals surface area contributed by atoms with Gasteiger partial charge in [-0.3, -0.25) is 0 Å². The van der Waals surface area contributed by atoms with Crippen LogP contribution in [-0.4, -0.2) is 9.78 Å². The van der Waals surface area contributed by atoms with E-state index in [9.17, 15) is 0 Å². The van der Waals surface area contributed by atoms with Crippen molar-refractivity contribution in [1.82, 2.24) is 9.78 Å². The summed E-state index contributed by atoms with van der Waals surface area (Å²) in [7, 11) is 0. The maximum absolute atomic E-state index is 6.19. The lowest BCUT2D eigenvalue weighted by Gasteiger charge is -2.04. The van der Waals surface area contributed by atoms with E-state index in [-0.39, 0.29) is 0 Å². The smallest absolute Gasteiger partial charge is 0.117 e. The molecule has 0 amide bonds. The van der Waals surface area contributed by atoms with Crippen LogP contribution < -0.4 is 5.73 Å². The molecular weight excluding hydrogens is 329 g/mol. The monoisotopic (exact) mass is 337 g/mol. The van der Waals surface area contributed by atoms with Crippen molar-refractivity contribution in [3.05, 3.63) is 63.7 Å². The third kappa shape index (κ3) is 2.72. The van der Waals surface area contributed by atoms with E-state index < -0.39 is 0 Å². The molecule has 0 aliphatic carbocycles. The van der Waals surface area contributed by atoms with Gasteiger partial charge < -0.3 is 5.73 Å². The SMILES string of the molecule is Nc1cn(-c2ccc(Cl)cc2Cl)nc1-c1ccccc1Cl. The van der Waals surface area contributed by atoms with Gasteiger partial charge >= 0.3 is 0 Å². The second-order valence-corrected chi connectivity index (χ2v) is 5.70. The first kappa shape index (κ1) is 14.3. The molecule has 6 heteroatoms. The lowest BCUT2D eigenvalue weighted by Crippen LogP contribution is -1.96. The molecule has 0 saturated carbocycles. The Kier molecular flexibility index (Phi) is 3.81. The standard InChI is InChI=1S/C15H10Cl3N3/c16-9-5-6-14(12(18)7-9)21-8-13(19)15(20-21)10-3-1-2-4-11(10)17/h1-8H,19H2. The third-order valence-corrected chi connectivity index (χ3v) is 3.90. The molecule has 3 aromatic rings. The van der Waals surface area contributed by atoms with Crippen LogP contribution in [0.5, 0.6) is 0 Å². The van der Waals surface area contributed by atoms with Gasteiger partial charge in [0.1, 0.15) is 5.69 Å². The quantitative estimate of drug-likeness (QED) is 0.708. The van der Waals surface area contributed by atoms with Crippen LogP contribution >= 0.6 is 34.8 Å². The number of aromatic nitrogens is 2. The first-order valence-electron chi connectivity index (χ1n) is 6.12. The van der Waals surface area contributed by atoms with Crippen molar-refractivity contribution < 1.29 is 0 Å². The largest absolute Gasteiger partial charge is 0.396 e. The van der Waals surface area contributed by atoms with Crippen molar-refractivity contribution in [3.63, 3.8) is 0 Å². The highest BCUT2D eigenvalue weighted by atomic mass is 35.5. The molecule has 0 bridgehead atoms. The van der Waals surface area contributed by atoms with Gasteiger partial charge in [-0.25, -0.2) is 4.68 Å². The van der Waals surface area contributed by atoms with E-state index in [1.807, 2.05) is 18.2 Å². The summed E-state index contributed by atoms with van der Waals surface area (Å²) < 4.78 is 1.62. The minimum Gasteiger partial charge on any atom is -0.396 e. The molecule has 2 aromatic carbocycles. The summed E-state index contributed by atoms with van der Waals surface area (Å²) in [5, 5.41) is 6.14. The summed E-state index contributed by atoms with van der Waals surface area (Å²) in [6, 6.07) is 12.6. The Hall–Kier alpha value is -1.68. The second kappa shape index (κ2) is 5.60. The van der Waals surface area contributed by atoms with E-state index in [2.05, 4.69) is 5.10 Å². The summed E-state index contributed by atoms with van der Waals surface area (Å²) in [5.74, 6) is 0. The van der Waals surface area contributed by atoms with Crippen molar-refractivity contribution in [2.24, 2.45) is 0 Å². The molecule has 3 nitrogen and oxygen atoms in total. The summed E-state index contributed by atoms with van der Waals surface area (Å²) in [6.45, 7) is 0.